The molecular formula is C11H12ClN5O4. The summed E-state index contributed by atoms with van der Waals surface area (Å²) in [6, 6.07) is 1.29. The summed E-state index contributed by atoms with van der Waals surface area (Å²) in [4.78, 5) is 26.7. The van der Waals surface area contributed by atoms with Crippen LogP contribution in [-0.2, 0) is 0 Å². The van der Waals surface area contributed by atoms with Crippen molar-refractivity contribution in [3.05, 3.63) is 11.2 Å². The molecule has 1 fully saturated rings. The summed E-state index contributed by atoms with van der Waals surface area (Å²) in [7, 11) is 0. The van der Waals surface area contributed by atoms with Gasteiger partial charge in [-0.05, 0) is 0 Å². The van der Waals surface area contributed by atoms with Gasteiger partial charge >= 0.3 is 12.2 Å². The van der Waals surface area contributed by atoms with Crippen LogP contribution in [0.2, 0.25) is 5.15 Å². The number of hydrogen-bond donors (Lipinski definition) is 2. The van der Waals surface area contributed by atoms with Gasteiger partial charge in [0.25, 0.3) is 0 Å². The number of nitrogens with zero attached hydrogens (tertiary/aromatic N) is 5. The molecule has 2 amide bonds. The van der Waals surface area contributed by atoms with E-state index >= 15 is 0 Å². The van der Waals surface area contributed by atoms with Crippen molar-refractivity contribution in [3.63, 3.8) is 0 Å². The van der Waals surface area contributed by atoms with Crippen LogP contribution in [0.3, 0.4) is 0 Å². The van der Waals surface area contributed by atoms with E-state index in [0.29, 0.717) is 18.8 Å². The van der Waals surface area contributed by atoms with E-state index in [2.05, 4.69) is 10.2 Å². The van der Waals surface area contributed by atoms with Crippen LogP contribution in [0.4, 0.5) is 21.1 Å². The summed E-state index contributed by atoms with van der Waals surface area (Å²) in [5.74, 6) is 0.229. The Morgan fingerprint density at radius 1 is 1.19 bits per heavy atom. The highest BCUT2D eigenvalue weighted by Crippen LogP contribution is 2.36. The van der Waals surface area contributed by atoms with E-state index in [1.165, 1.54) is 4.90 Å². The Morgan fingerprint density at radius 3 is 2.62 bits per heavy atom. The number of piperazine rings is 1. The fourth-order valence-corrected chi connectivity index (χ4v) is 2.87. The maximum Gasteiger partial charge on any atom is 0.413 e. The molecule has 112 valence electrons. The Kier molecular flexibility index (Phi) is 3.20. The van der Waals surface area contributed by atoms with E-state index in [0.717, 1.165) is 4.90 Å². The Labute approximate surface area is 124 Å². The molecule has 0 radical (unpaired) electrons. The monoisotopic (exact) mass is 313 g/mol. The summed E-state index contributed by atoms with van der Waals surface area (Å²) in [6.07, 6.45) is -2.16. The molecule has 3 heterocycles. The second kappa shape index (κ2) is 4.92. The molecule has 3 rings (SSSR count). The minimum atomic E-state index is -1.15. The number of amides is 2. The molecule has 9 nitrogen and oxygen atoms in total. The van der Waals surface area contributed by atoms with Crippen LogP contribution in [0.5, 0.6) is 0 Å². The number of fused-ring (bicyclic) bond motifs is 3. The average Bonchev–Trinajstić information content (AvgIpc) is 2.45. The van der Waals surface area contributed by atoms with Gasteiger partial charge in [0.15, 0.2) is 11.0 Å². The van der Waals surface area contributed by atoms with E-state index < -0.39 is 12.2 Å². The standard InChI is InChI=1S/C11H12ClN5O4/c12-8-3-7-9(14-13-8)17(11(20)21)5-6-4-15(10(18)19)1-2-16(6)7/h3,6H,1-2,4-5H2,(H,18,19)(H,20,21)/t6-/m1/s1. The molecule has 2 aliphatic rings. The van der Waals surface area contributed by atoms with Gasteiger partial charge in [-0.15, -0.1) is 10.2 Å². The Hall–Kier alpha value is -2.29. The molecule has 1 saturated heterocycles. The van der Waals surface area contributed by atoms with Gasteiger partial charge in [-0.25, -0.2) is 9.59 Å². The molecule has 1 atom stereocenters. The van der Waals surface area contributed by atoms with Crippen LogP contribution >= 0.6 is 11.6 Å². The SMILES string of the molecule is O=C(O)N1CCN2c3cc(Cl)nnc3N(C(=O)O)C[C@H]2C1. The summed E-state index contributed by atoms with van der Waals surface area (Å²) in [5, 5.41) is 26.1. The maximum absolute atomic E-state index is 11.4. The first-order valence-corrected chi connectivity index (χ1v) is 6.63. The lowest BCUT2D eigenvalue weighted by Gasteiger charge is -2.46. The number of carboxylic acid groups (broad SMARTS) is 2. The predicted octanol–water partition coefficient (Wildman–Crippen LogP) is 0.797. The zero-order valence-corrected chi connectivity index (χ0v) is 11.6. The third kappa shape index (κ3) is 2.29. The largest absolute Gasteiger partial charge is 0.465 e. The second-order valence-electron chi connectivity index (χ2n) is 4.84. The summed E-state index contributed by atoms with van der Waals surface area (Å²) >= 11 is 5.84. The molecule has 0 aliphatic carbocycles. The average molecular weight is 314 g/mol. The molecule has 0 aromatic carbocycles. The van der Waals surface area contributed by atoms with Crippen molar-refractivity contribution in [2.45, 2.75) is 6.04 Å². The molecule has 10 heteroatoms. The van der Waals surface area contributed by atoms with Crippen LogP contribution in [0.15, 0.2) is 6.07 Å². The van der Waals surface area contributed by atoms with Gasteiger partial charge in [-0.3, -0.25) is 4.90 Å². The number of rotatable bonds is 0. The molecule has 2 aliphatic heterocycles. The van der Waals surface area contributed by atoms with E-state index in [-0.39, 0.29) is 30.1 Å². The van der Waals surface area contributed by atoms with Gasteiger partial charge in [-0.1, -0.05) is 11.6 Å². The Balaban J connectivity index is 1.99. The van der Waals surface area contributed by atoms with Gasteiger partial charge in [0.1, 0.15) is 0 Å². The number of aromatic nitrogens is 2. The zero-order chi connectivity index (χ0) is 15.1. The van der Waals surface area contributed by atoms with Crippen LogP contribution < -0.4 is 9.80 Å². The van der Waals surface area contributed by atoms with E-state index in [4.69, 9.17) is 16.7 Å². The molecule has 1 aromatic heterocycles. The van der Waals surface area contributed by atoms with Crippen LogP contribution in [0, 0.1) is 0 Å². The molecule has 0 bridgehead atoms. The van der Waals surface area contributed by atoms with Crippen molar-refractivity contribution in [2.24, 2.45) is 0 Å². The van der Waals surface area contributed by atoms with Crippen molar-refractivity contribution in [1.82, 2.24) is 15.1 Å². The van der Waals surface area contributed by atoms with Crippen molar-refractivity contribution < 1.29 is 19.8 Å². The van der Waals surface area contributed by atoms with Crippen molar-refractivity contribution in [3.8, 4) is 0 Å². The molecule has 0 saturated carbocycles. The number of carbonyl (C=O) groups is 2. The maximum atomic E-state index is 11.4. The molecular weight excluding hydrogens is 302 g/mol. The van der Waals surface area contributed by atoms with Crippen molar-refractivity contribution in [1.29, 1.82) is 0 Å². The number of anilines is 2. The van der Waals surface area contributed by atoms with Gasteiger partial charge < -0.3 is 20.0 Å². The Bertz CT molecular complexity index is 612. The number of halogens is 1. The van der Waals surface area contributed by atoms with E-state index in [9.17, 15) is 14.7 Å². The highest BCUT2D eigenvalue weighted by molar-refractivity contribution is 6.29. The molecule has 1 aromatic rings. The van der Waals surface area contributed by atoms with Crippen molar-refractivity contribution >= 4 is 35.3 Å². The third-order valence-corrected chi connectivity index (χ3v) is 3.85. The van der Waals surface area contributed by atoms with Crippen LogP contribution in [-0.4, -0.2) is 69.7 Å². The highest BCUT2D eigenvalue weighted by atomic mass is 35.5. The fraction of sp³-hybridized carbons (Fsp3) is 0.455. The minimum Gasteiger partial charge on any atom is -0.465 e. The first-order valence-electron chi connectivity index (χ1n) is 6.25. The minimum absolute atomic E-state index is 0.141. The van der Waals surface area contributed by atoms with Gasteiger partial charge in [0, 0.05) is 25.7 Å². The number of hydrogen-bond acceptors (Lipinski definition) is 5. The quantitative estimate of drug-likeness (QED) is 0.728. The zero-order valence-electron chi connectivity index (χ0n) is 10.8. The molecule has 2 N–H and O–H groups in total. The molecule has 21 heavy (non-hydrogen) atoms. The van der Waals surface area contributed by atoms with E-state index in [1.54, 1.807) is 6.07 Å². The summed E-state index contributed by atoms with van der Waals surface area (Å²) < 4.78 is 0. The third-order valence-electron chi connectivity index (χ3n) is 3.67. The van der Waals surface area contributed by atoms with Gasteiger partial charge in [0.05, 0.1) is 18.3 Å². The lowest BCUT2D eigenvalue weighted by molar-refractivity contribution is 0.134. The lowest BCUT2D eigenvalue weighted by Crippen LogP contribution is -2.61. The second-order valence-corrected chi connectivity index (χ2v) is 5.23. The first-order chi connectivity index (χ1) is 9.97. The highest BCUT2D eigenvalue weighted by Gasteiger charge is 2.39. The topological polar surface area (TPSA) is 110 Å². The van der Waals surface area contributed by atoms with Gasteiger partial charge in [-0.2, -0.15) is 0 Å². The van der Waals surface area contributed by atoms with Crippen LogP contribution in [0.25, 0.3) is 0 Å². The van der Waals surface area contributed by atoms with E-state index in [1.807, 2.05) is 4.90 Å². The van der Waals surface area contributed by atoms with Crippen molar-refractivity contribution in [2.75, 3.05) is 36.0 Å². The normalized spacial score (nSPS) is 20.8. The summed E-state index contributed by atoms with van der Waals surface area (Å²) in [5.41, 5.74) is 0.568. The molecule has 0 unspecified atom stereocenters. The van der Waals surface area contributed by atoms with Crippen LogP contribution in [0.1, 0.15) is 0 Å². The fourth-order valence-electron chi connectivity index (χ4n) is 2.72. The lowest BCUT2D eigenvalue weighted by atomic mass is 10.1. The predicted molar refractivity (Wildman–Crippen MR) is 73.1 cm³/mol. The molecule has 0 spiro atoms. The smallest absolute Gasteiger partial charge is 0.413 e. The van der Waals surface area contributed by atoms with Gasteiger partial charge in [0.2, 0.25) is 0 Å². The summed E-state index contributed by atoms with van der Waals surface area (Å²) in [6.45, 7) is 1.18. The first kappa shape index (κ1) is 13.7. The Morgan fingerprint density at radius 2 is 1.95 bits per heavy atom.